The van der Waals surface area contributed by atoms with E-state index in [4.69, 9.17) is 5.11 Å². The molecule has 0 fully saturated rings. The van der Waals surface area contributed by atoms with E-state index in [-0.39, 0.29) is 6.54 Å². The van der Waals surface area contributed by atoms with Crippen LogP contribution < -0.4 is 4.72 Å². The SMILES string of the molecule is Cc1cnn(CCNS(=O)(=O)CC(=O)O)c1. The van der Waals surface area contributed by atoms with Crippen LogP contribution in [0.4, 0.5) is 0 Å². The van der Waals surface area contributed by atoms with Crippen LogP contribution in [-0.2, 0) is 21.4 Å². The molecule has 8 heteroatoms. The lowest BCUT2D eigenvalue weighted by Crippen LogP contribution is -2.32. The van der Waals surface area contributed by atoms with E-state index in [0.29, 0.717) is 6.54 Å². The van der Waals surface area contributed by atoms with E-state index in [9.17, 15) is 13.2 Å². The molecule has 1 aromatic rings. The number of hydrogen-bond donors (Lipinski definition) is 2. The van der Waals surface area contributed by atoms with Crippen molar-refractivity contribution in [1.29, 1.82) is 0 Å². The summed E-state index contributed by atoms with van der Waals surface area (Å²) in [5.41, 5.74) is 0.980. The maximum absolute atomic E-state index is 11.1. The first-order valence-electron chi connectivity index (χ1n) is 4.57. The van der Waals surface area contributed by atoms with Gasteiger partial charge in [-0.15, -0.1) is 0 Å². The summed E-state index contributed by atoms with van der Waals surface area (Å²) in [5.74, 6) is -2.28. The minimum atomic E-state index is -3.73. The second-order valence-corrected chi connectivity index (χ2v) is 5.13. The molecule has 0 spiro atoms. The topological polar surface area (TPSA) is 101 Å². The van der Waals surface area contributed by atoms with Crippen LogP contribution in [0, 0.1) is 6.92 Å². The molecule has 1 heterocycles. The highest BCUT2D eigenvalue weighted by atomic mass is 32.2. The van der Waals surface area contributed by atoms with E-state index in [0.717, 1.165) is 5.56 Å². The number of carbonyl (C=O) groups is 1. The van der Waals surface area contributed by atoms with Gasteiger partial charge in [-0.3, -0.25) is 9.48 Å². The first kappa shape index (κ1) is 12.7. The first-order valence-corrected chi connectivity index (χ1v) is 6.22. The summed E-state index contributed by atoms with van der Waals surface area (Å²) in [7, 11) is -3.73. The zero-order valence-corrected chi connectivity index (χ0v) is 9.57. The number of aliphatic carboxylic acids is 1. The minimum absolute atomic E-state index is 0.122. The highest BCUT2D eigenvalue weighted by Gasteiger charge is 2.14. The second-order valence-electron chi connectivity index (χ2n) is 3.33. The largest absolute Gasteiger partial charge is 0.480 e. The van der Waals surface area contributed by atoms with Crippen molar-refractivity contribution in [3.05, 3.63) is 18.0 Å². The monoisotopic (exact) mass is 247 g/mol. The molecule has 90 valence electrons. The van der Waals surface area contributed by atoms with Crippen LogP contribution in [0.15, 0.2) is 12.4 Å². The van der Waals surface area contributed by atoms with E-state index in [1.807, 2.05) is 6.92 Å². The maximum Gasteiger partial charge on any atom is 0.320 e. The molecule has 0 aromatic carbocycles. The van der Waals surface area contributed by atoms with Gasteiger partial charge in [0.15, 0.2) is 5.75 Å². The first-order chi connectivity index (χ1) is 7.39. The molecule has 0 aliphatic rings. The van der Waals surface area contributed by atoms with Crippen molar-refractivity contribution in [2.24, 2.45) is 0 Å². The van der Waals surface area contributed by atoms with Crippen molar-refractivity contribution in [3.8, 4) is 0 Å². The van der Waals surface area contributed by atoms with Crippen molar-refractivity contribution in [3.63, 3.8) is 0 Å². The lowest BCUT2D eigenvalue weighted by Gasteiger charge is -2.04. The molecule has 0 aliphatic carbocycles. The van der Waals surface area contributed by atoms with E-state index < -0.39 is 21.7 Å². The number of nitrogens with one attached hydrogen (secondary N) is 1. The van der Waals surface area contributed by atoms with Crippen molar-refractivity contribution in [1.82, 2.24) is 14.5 Å². The molecule has 16 heavy (non-hydrogen) atoms. The standard InChI is InChI=1S/C8H13N3O4S/c1-7-4-9-11(5-7)3-2-10-16(14,15)6-8(12)13/h4-5,10H,2-3,6H2,1H3,(H,12,13). The molecule has 7 nitrogen and oxygen atoms in total. The van der Waals surface area contributed by atoms with Crippen LogP contribution in [0.1, 0.15) is 5.56 Å². The van der Waals surface area contributed by atoms with Gasteiger partial charge < -0.3 is 5.11 Å². The third-order valence-corrected chi connectivity index (χ3v) is 3.01. The van der Waals surface area contributed by atoms with Gasteiger partial charge in [0, 0.05) is 12.7 Å². The van der Waals surface area contributed by atoms with Crippen molar-refractivity contribution < 1.29 is 18.3 Å². The van der Waals surface area contributed by atoms with Crippen LogP contribution in [0.2, 0.25) is 0 Å². The quantitative estimate of drug-likeness (QED) is 0.685. The Kier molecular flexibility index (Phi) is 4.02. The van der Waals surface area contributed by atoms with Gasteiger partial charge in [0.05, 0.1) is 12.7 Å². The van der Waals surface area contributed by atoms with E-state index in [1.165, 1.54) is 0 Å². The van der Waals surface area contributed by atoms with Gasteiger partial charge in [-0.05, 0) is 12.5 Å². The van der Waals surface area contributed by atoms with Gasteiger partial charge in [-0.2, -0.15) is 5.10 Å². The Labute approximate surface area is 93.1 Å². The van der Waals surface area contributed by atoms with Gasteiger partial charge in [-0.25, -0.2) is 13.1 Å². The molecule has 0 saturated carbocycles. The van der Waals surface area contributed by atoms with Gasteiger partial charge >= 0.3 is 5.97 Å². The van der Waals surface area contributed by atoms with Crippen LogP contribution >= 0.6 is 0 Å². The van der Waals surface area contributed by atoms with E-state index in [1.54, 1.807) is 17.1 Å². The predicted octanol–water partition coefficient (Wildman–Crippen LogP) is -0.804. The fraction of sp³-hybridized carbons (Fsp3) is 0.500. The molecule has 0 bridgehead atoms. The summed E-state index contributed by atoms with van der Waals surface area (Å²) in [6, 6.07) is 0. The van der Waals surface area contributed by atoms with Crippen LogP contribution in [-0.4, -0.2) is 41.6 Å². The zero-order valence-electron chi connectivity index (χ0n) is 8.75. The van der Waals surface area contributed by atoms with Gasteiger partial charge in [0.2, 0.25) is 10.0 Å². The third kappa shape index (κ3) is 4.41. The molecule has 0 atom stereocenters. The summed E-state index contributed by atoms with van der Waals surface area (Å²) in [6.45, 7) is 2.36. The zero-order chi connectivity index (χ0) is 12.2. The lowest BCUT2D eigenvalue weighted by atomic mass is 10.4. The summed E-state index contributed by atoms with van der Waals surface area (Å²) < 4.78 is 26.0. The second kappa shape index (κ2) is 5.08. The Morgan fingerprint density at radius 2 is 2.31 bits per heavy atom. The average Bonchev–Trinajstić information content (AvgIpc) is 2.48. The third-order valence-electron chi connectivity index (χ3n) is 1.74. The van der Waals surface area contributed by atoms with E-state index in [2.05, 4.69) is 9.82 Å². The van der Waals surface area contributed by atoms with Crippen molar-refractivity contribution in [2.75, 3.05) is 12.3 Å². The van der Waals surface area contributed by atoms with Crippen LogP contribution in [0.5, 0.6) is 0 Å². The molecule has 2 N–H and O–H groups in total. The van der Waals surface area contributed by atoms with Gasteiger partial charge in [0.25, 0.3) is 0 Å². The minimum Gasteiger partial charge on any atom is -0.480 e. The number of hydrogen-bond acceptors (Lipinski definition) is 4. The number of nitrogens with zero attached hydrogens (tertiary/aromatic N) is 2. The molecule has 0 amide bonds. The Bertz CT molecular complexity index is 465. The fourth-order valence-corrected chi connectivity index (χ4v) is 1.95. The van der Waals surface area contributed by atoms with Crippen molar-refractivity contribution >= 4 is 16.0 Å². The van der Waals surface area contributed by atoms with Crippen LogP contribution in [0.25, 0.3) is 0 Å². The number of rotatable bonds is 6. The summed E-state index contributed by atoms with van der Waals surface area (Å²) in [4.78, 5) is 10.2. The lowest BCUT2D eigenvalue weighted by molar-refractivity contribution is -0.134. The molecule has 1 aromatic heterocycles. The highest BCUT2D eigenvalue weighted by molar-refractivity contribution is 7.90. The molecular formula is C8H13N3O4S. The molecule has 0 aliphatic heterocycles. The smallest absolute Gasteiger partial charge is 0.320 e. The van der Waals surface area contributed by atoms with E-state index >= 15 is 0 Å². The number of sulfonamides is 1. The predicted molar refractivity (Wildman–Crippen MR) is 56.4 cm³/mol. The Balaban J connectivity index is 2.38. The fourth-order valence-electron chi connectivity index (χ4n) is 1.12. The van der Waals surface area contributed by atoms with Crippen LogP contribution in [0.3, 0.4) is 0 Å². The molecule has 1 rings (SSSR count). The van der Waals surface area contributed by atoms with Gasteiger partial charge in [0.1, 0.15) is 0 Å². The average molecular weight is 247 g/mol. The molecule has 0 unspecified atom stereocenters. The normalized spacial score (nSPS) is 11.6. The number of aryl methyl sites for hydroxylation is 1. The Morgan fingerprint density at radius 3 is 2.81 bits per heavy atom. The molecule has 0 radical (unpaired) electrons. The summed E-state index contributed by atoms with van der Waals surface area (Å²) in [6.07, 6.45) is 3.43. The van der Waals surface area contributed by atoms with Gasteiger partial charge in [-0.1, -0.05) is 0 Å². The molecular weight excluding hydrogens is 234 g/mol. The highest BCUT2D eigenvalue weighted by Crippen LogP contribution is 1.93. The number of carboxylic acids is 1. The maximum atomic E-state index is 11.1. The Hall–Kier alpha value is -1.41. The van der Waals surface area contributed by atoms with Crippen molar-refractivity contribution in [2.45, 2.75) is 13.5 Å². The number of carboxylic acid groups (broad SMARTS) is 1. The summed E-state index contributed by atoms with van der Waals surface area (Å²) in [5, 5.41) is 12.3. The summed E-state index contributed by atoms with van der Waals surface area (Å²) >= 11 is 0. The number of aromatic nitrogens is 2. The Morgan fingerprint density at radius 1 is 1.62 bits per heavy atom. The molecule has 0 saturated heterocycles.